The van der Waals surface area contributed by atoms with Gasteiger partial charge in [0.15, 0.2) is 0 Å². The molecule has 0 amide bonds. The smallest absolute Gasteiger partial charge is 0.134 e. The van der Waals surface area contributed by atoms with E-state index in [0.717, 1.165) is 11.4 Å². The molecule has 1 aliphatic rings. The van der Waals surface area contributed by atoms with Crippen molar-refractivity contribution in [3.8, 4) is 0 Å². The Labute approximate surface area is 61.3 Å². The number of rotatable bonds is 0. The van der Waals surface area contributed by atoms with Crippen LogP contribution in [-0.4, -0.2) is 35.0 Å². The lowest BCUT2D eigenvalue weighted by atomic mass is 9.92. The molecule has 1 saturated heterocycles. The quantitative estimate of drug-likeness (QED) is 0.351. The number of aliphatic hydroxyl groups excluding tert-OH is 1. The van der Waals surface area contributed by atoms with E-state index < -0.39 is 11.7 Å². The lowest BCUT2D eigenvalue weighted by Crippen LogP contribution is -3.11. The highest BCUT2D eigenvalue weighted by Crippen LogP contribution is 2.12. The van der Waals surface area contributed by atoms with E-state index in [1.807, 2.05) is 0 Å². The predicted octanol–water partition coefficient (Wildman–Crippen LogP) is -1.82. The van der Waals surface area contributed by atoms with Gasteiger partial charge >= 0.3 is 0 Å². The molecule has 0 spiro atoms. The van der Waals surface area contributed by atoms with Crippen molar-refractivity contribution in [2.75, 3.05) is 13.1 Å². The van der Waals surface area contributed by atoms with Crippen LogP contribution in [0.4, 0.5) is 0 Å². The third-order valence-corrected chi connectivity index (χ3v) is 2.10. The molecule has 0 saturated carbocycles. The molecule has 0 radical (unpaired) electrons. The zero-order valence-electron chi connectivity index (χ0n) is 6.30. The first-order valence-corrected chi connectivity index (χ1v) is 3.59. The Morgan fingerprint density at radius 1 is 1.70 bits per heavy atom. The van der Waals surface area contributed by atoms with Crippen molar-refractivity contribution in [3.05, 3.63) is 7.05 Å². The Morgan fingerprint density at radius 3 is 2.70 bits per heavy atom. The van der Waals surface area contributed by atoms with E-state index >= 15 is 0 Å². The maximum Gasteiger partial charge on any atom is 0.134 e. The minimum Gasteiger partial charge on any atom is -0.465 e. The Kier molecular flexibility index (Phi) is 1.99. The summed E-state index contributed by atoms with van der Waals surface area (Å²) < 4.78 is 0. The van der Waals surface area contributed by atoms with Gasteiger partial charge < -0.3 is 15.1 Å². The third-order valence-electron chi connectivity index (χ3n) is 2.10. The van der Waals surface area contributed by atoms with E-state index in [1.54, 1.807) is 6.92 Å². The van der Waals surface area contributed by atoms with Gasteiger partial charge in [0.2, 0.25) is 0 Å². The molecule has 60 valence electrons. The minimum absolute atomic E-state index is 0.536. The fourth-order valence-corrected chi connectivity index (χ4v) is 1.36. The van der Waals surface area contributed by atoms with Gasteiger partial charge in [0.05, 0.1) is 19.2 Å². The molecule has 1 heterocycles. The summed E-state index contributed by atoms with van der Waals surface area (Å²) in [7, 11) is 3.77. The number of nitrogens with one attached hydrogen (secondary N) is 1. The van der Waals surface area contributed by atoms with Crippen molar-refractivity contribution in [1.82, 2.24) is 0 Å². The van der Waals surface area contributed by atoms with Gasteiger partial charge in [-0.25, -0.2) is 0 Å². The first-order valence-electron chi connectivity index (χ1n) is 3.59. The fourth-order valence-electron chi connectivity index (χ4n) is 1.36. The summed E-state index contributed by atoms with van der Waals surface area (Å²) in [6, 6.07) is 0. The van der Waals surface area contributed by atoms with Gasteiger partial charge in [-0.2, -0.15) is 7.05 Å². The highest BCUT2D eigenvalue weighted by Gasteiger charge is 2.36. The van der Waals surface area contributed by atoms with Gasteiger partial charge in [-0.15, -0.1) is 0 Å². The number of hydrogen-bond donors (Lipinski definition) is 3. The molecular formula is C7H15NO2. The monoisotopic (exact) mass is 145 g/mol. The molecule has 0 aromatic rings. The normalized spacial score (nSPS) is 49.2. The lowest BCUT2D eigenvalue weighted by Gasteiger charge is -2.39. The molecule has 3 nitrogen and oxygen atoms in total. The Balaban J connectivity index is 2.55. The fraction of sp³-hybridized carbons (Fsp3) is 0.857. The molecule has 3 N–H and O–H groups in total. The molecule has 1 aliphatic heterocycles. The van der Waals surface area contributed by atoms with Crippen LogP contribution < -0.4 is 4.90 Å². The topological polar surface area (TPSA) is 44.9 Å². The standard InChI is InChI=1S/C7H15NO2/c1-7(10)5-8(2)4-3-6(7)9/h6,8-10H,2-5H2,1H3/t6-,7+/m0/s1. The lowest BCUT2D eigenvalue weighted by molar-refractivity contribution is -0.869. The summed E-state index contributed by atoms with van der Waals surface area (Å²) in [5.41, 5.74) is -0.935. The minimum atomic E-state index is -0.935. The molecule has 10 heavy (non-hydrogen) atoms. The molecule has 1 fully saturated rings. The van der Waals surface area contributed by atoms with Gasteiger partial charge in [-0.05, 0) is 6.92 Å². The van der Waals surface area contributed by atoms with Crippen molar-refractivity contribution >= 4 is 0 Å². The molecule has 3 heteroatoms. The van der Waals surface area contributed by atoms with Crippen LogP contribution in [0, 0.1) is 7.05 Å². The van der Waals surface area contributed by atoms with E-state index in [4.69, 9.17) is 0 Å². The van der Waals surface area contributed by atoms with Gasteiger partial charge in [0.1, 0.15) is 5.60 Å². The Hall–Kier alpha value is -0.120. The zero-order chi connectivity index (χ0) is 7.78. The van der Waals surface area contributed by atoms with Crippen molar-refractivity contribution in [1.29, 1.82) is 0 Å². The molecule has 3 atom stereocenters. The average Bonchev–Trinajstić information content (AvgIpc) is 1.78. The van der Waals surface area contributed by atoms with Gasteiger partial charge in [-0.1, -0.05) is 0 Å². The highest BCUT2D eigenvalue weighted by atomic mass is 16.3. The van der Waals surface area contributed by atoms with Gasteiger partial charge in [0.25, 0.3) is 0 Å². The van der Waals surface area contributed by atoms with Crippen molar-refractivity contribution in [3.63, 3.8) is 0 Å². The van der Waals surface area contributed by atoms with Crippen LogP contribution in [0.3, 0.4) is 0 Å². The molecule has 0 aromatic heterocycles. The molecule has 0 aromatic carbocycles. The summed E-state index contributed by atoms with van der Waals surface area (Å²) in [6.45, 7) is 3.04. The first kappa shape index (κ1) is 7.98. The van der Waals surface area contributed by atoms with E-state index in [-0.39, 0.29) is 0 Å². The molecule has 1 unspecified atom stereocenters. The SMILES string of the molecule is [CH2-][NH+]1CC[C@H](O)[C@](C)(O)C1. The summed E-state index contributed by atoms with van der Waals surface area (Å²) in [5, 5.41) is 18.8. The molecule has 0 bridgehead atoms. The maximum absolute atomic E-state index is 9.50. The second-order valence-corrected chi connectivity index (χ2v) is 3.34. The number of hydrogen-bond acceptors (Lipinski definition) is 2. The summed E-state index contributed by atoms with van der Waals surface area (Å²) in [6.07, 6.45) is 0.0734. The first-order chi connectivity index (χ1) is 4.52. The van der Waals surface area contributed by atoms with Crippen molar-refractivity contribution in [2.24, 2.45) is 0 Å². The van der Waals surface area contributed by atoms with Crippen LogP contribution in [0.25, 0.3) is 0 Å². The second-order valence-electron chi connectivity index (χ2n) is 3.34. The molecular weight excluding hydrogens is 130 g/mol. The number of likely N-dealkylation sites (tertiary alicyclic amines) is 1. The Bertz CT molecular complexity index is 125. The largest absolute Gasteiger partial charge is 0.465 e. The van der Waals surface area contributed by atoms with Crippen LogP contribution in [0.5, 0.6) is 0 Å². The van der Waals surface area contributed by atoms with Gasteiger partial charge in [-0.3, -0.25) is 0 Å². The average molecular weight is 145 g/mol. The van der Waals surface area contributed by atoms with Gasteiger partial charge in [0, 0.05) is 6.42 Å². The molecule has 1 rings (SSSR count). The van der Waals surface area contributed by atoms with E-state index in [1.165, 1.54) is 0 Å². The highest BCUT2D eigenvalue weighted by molar-refractivity contribution is 4.83. The number of piperidine rings is 1. The van der Waals surface area contributed by atoms with E-state index in [0.29, 0.717) is 13.0 Å². The maximum atomic E-state index is 9.50. The van der Waals surface area contributed by atoms with Crippen LogP contribution >= 0.6 is 0 Å². The van der Waals surface area contributed by atoms with Crippen LogP contribution in [0.2, 0.25) is 0 Å². The summed E-state index contributed by atoms with van der Waals surface area (Å²) in [5.74, 6) is 0. The van der Waals surface area contributed by atoms with Crippen LogP contribution in [-0.2, 0) is 0 Å². The summed E-state index contributed by atoms with van der Waals surface area (Å²) in [4.78, 5) is 1.04. The van der Waals surface area contributed by atoms with Crippen LogP contribution in [0.15, 0.2) is 0 Å². The molecule has 0 aliphatic carbocycles. The van der Waals surface area contributed by atoms with Crippen molar-refractivity contribution in [2.45, 2.75) is 25.0 Å². The zero-order valence-corrected chi connectivity index (χ0v) is 6.30. The number of quaternary nitrogens is 1. The second kappa shape index (κ2) is 2.49. The van der Waals surface area contributed by atoms with Crippen molar-refractivity contribution < 1.29 is 15.1 Å². The van der Waals surface area contributed by atoms with E-state index in [9.17, 15) is 10.2 Å². The Morgan fingerprint density at radius 2 is 2.30 bits per heavy atom. The summed E-state index contributed by atoms with van der Waals surface area (Å²) >= 11 is 0. The predicted molar refractivity (Wildman–Crippen MR) is 37.3 cm³/mol. The number of aliphatic hydroxyl groups is 2. The van der Waals surface area contributed by atoms with Crippen LogP contribution in [0.1, 0.15) is 13.3 Å². The third kappa shape index (κ3) is 1.48. The van der Waals surface area contributed by atoms with E-state index in [2.05, 4.69) is 7.05 Å².